The summed E-state index contributed by atoms with van der Waals surface area (Å²) in [7, 11) is 0. The van der Waals surface area contributed by atoms with Crippen LogP contribution in [-0.4, -0.2) is 0 Å². The summed E-state index contributed by atoms with van der Waals surface area (Å²) in [5.74, 6) is 0. The van der Waals surface area contributed by atoms with Gasteiger partial charge in [0.1, 0.15) is 0 Å². The fraction of sp³-hybridized carbons (Fsp3) is 0. The minimum Gasteiger partial charge on any atom is -0.311 e. The number of benzene rings is 8. The first kappa shape index (κ1) is 32.3. The number of hydrogen-bond donors (Lipinski definition) is 0. The summed E-state index contributed by atoms with van der Waals surface area (Å²) < 4.78 is 0. The van der Waals surface area contributed by atoms with Crippen LogP contribution in [0.2, 0.25) is 0 Å². The lowest BCUT2D eigenvalue weighted by Crippen LogP contribution is -2.10. The number of anilines is 6. The van der Waals surface area contributed by atoms with Crippen molar-refractivity contribution in [1.82, 2.24) is 0 Å². The van der Waals surface area contributed by atoms with Crippen molar-refractivity contribution in [3.63, 3.8) is 0 Å². The van der Waals surface area contributed by atoms with E-state index in [1.165, 1.54) is 22.3 Å². The smallest absolute Gasteiger partial charge is 0.0462 e. The van der Waals surface area contributed by atoms with Crippen molar-refractivity contribution in [2.24, 2.45) is 0 Å². The van der Waals surface area contributed by atoms with Crippen LogP contribution in [0.25, 0.3) is 11.1 Å². The van der Waals surface area contributed by atoms with Crippen LogP contribution in [0.1, 0.15) is 22.3 Å². The van der Waals surface area contributed by atoms with E-state index >= 15 is 0 Å². The Bertz CT molecular complexity index is 2090. The molecule has 52 heavy (non-hydrogen) atoms. The van der Waals surface area contributed by atoms with E-state index in [1.807, 2.05) is 0 Å². The van der Waals surface area contributed by atoms with Gasteiger partial charge in [0.25, 0.3) is 0 Å². The van der Waals surface area contributed by atoms with Crippen molar-refractivity contribution in [1.29, 1.82) is 0 Å². The second kappa shape index (κ2) is 15.3. The Morgan fingerprint density at radius 3 is 0.635 bits per heavy atom. The molecule has 8 rings (SSSR count). The molecule has 2 heteroatoms. The molecule has 0 fully saturated rings. The molecule has 0 aromatic heterocycles. The first-order chi connectivity index (χ1) is 25.8. The summed E-state index contributed by atoms with van der Waals surface area (Å²) in [6.07, 6.45) is 0. The molecule has 0 heterocycles. The monoisotopic (exact) mass is 666 g/mol. The van der Waals surface area contributed by atoms with Gasteiger partial charge in [0.15, 0.2) is 0 Å². The molecule has 0 bridgehead atoms. The highest BCUT2D eigenvalue weighted by atomic mass is 15.1. The largest absolute Gasteiger partial charge is 0.311 e. The Balaban J connectivity index is 1.29. The van der Waals surface area contributed by atoms with Crippen LogP contribution < -0.4 is 9.80 Å². The molecular formula is C50H38N2. The lowest BCUT2D eigenvalue weighted by molar-refractivity contribution is 1.28. The zero-order valence-electron chi connectivity index (χ0n) is 28.8. The van der Waals surface area contributed by atoms with Crippen molar-refractivity contribution < 1.29 is 0 Å². The van der Waals surface area contributed by atoms with Gasteiger partial charge in [-0.1, -0.05) is 158 Å². The Morgan fingerprint density at radius 2 is 0.385 bits per heavy atom. The zero-order chi connectivity index (χ0) is 35.0. The summed E-state index contributed by atoms with van der Waals surface area (Å²) in [6.45, 7) is 0. The number of para-hydroxylation sites is 4. The zero-order valence-corrected chi connectivity index (χ0v) is 28.8. The quantitative estimate of drug-likeness (QED) is 0.134. The summed E-state index contributed by atoms with van der Waals surface area (Å²) >= 11 is 0. The van der Waals surface area contributed by atoms with Crippen molar-refractivity contribution in [2.45, 2.75) is 0 Å². The predicted molar refractivity (Wildman–Crippen MR) is 220 cm³/mol. The van der Waals surface area contributed by atoms with Gasteiger partial charge in [0, 0.05) is 34.1 Å². The highest BCUT2D eigenvalue weighted by Gasteiger charge is 2.19. The molecule has 2 nitrogen and oxygen atoms in total. The Labute approximate surface area is 306 Å². The molecule has 8 aromatic rings. The van der Waals surface area contributed by atoms with Gasteiger partial charge in [-0.2, -0.15) is 0 Å². The van der Waals surface area contributed by atoms with Crippen molar-refractivity contribution in [3.05, 3.63) is 253 Å². The van der Waals surface area contributed by atoms with Gasteiger partial charge in [-0.3, -0.25) is 0 Å². The average Bonchev–Trinajstić information content (AvgIpc) is 3.23. The molecule has 0 aliphatic rings. The third kappa shape index (κ3) is 6.92. The molecule has 0 atom stereocenters. The number of nitrogens with zero attached hydrogens (tertiary/aromatic N) is 2. The average molecular weight is 667 g/mol. The van der Waals surface area contributed by atoms with Gasteiger partial charge in [0.05, 0.1) is 0 Å². The molecule has 0 saturated carbocycles. The normalized spacial score (nSPS) is 10.7. The fourth-order valence-corrected chi connectivity index (χ4v) is 6.88. The molecule has 8 aromatic carbocycles. The van der Waals surface area contributed by atoms with E-state index in [-0.39, 0.29) is 0 Å². The van der Waals surface area contributed by atoms with Crippen LogP contribution in [0.4, 0.5) is 34.1 Å². The molecule has 0 unspecified atom stereocenters. The van der Waals surface area contributed by atoms with Gasteiger partial charge < -0.3 is 9.80 Å². The number of hydrogen-bond acceptors (Lipinski definition) is 2. The highest BCUT2D eigenvalue weighted by molar-refractivity contribution is 6.05. The Hall–Kier alpha value is -6.90. The van der Waals surface area contributed by atoms with E-state index in [0.717, 1.165) is 45.3 Å². The van der Waals surface area contributed by atoms with E-state index in [2.05, 4.69) is 240 Å². The maximum absolute atomic E-state index is 2.30. The highest BCUT2D eigenvalue weighted by Crippen LogP contribution is 2.41. The van der Waals surface area contributed by atoms with Gasteiger partial charge in [-0.15, -0.1) is 0 Å². The van der Waals surface area contributed by atoms with Gasteiger partial charge in [-0.25, -0.2) is 0 Å². The summed E-state index contributed by atoms with van der Waals surface area (Å²) in [5, 5.41) is 0. The van der Waals surface area contributed by atoms with Crippen LogP contribution in [-0.2, 0) is 0 Å². The minimum absolute atomic E-state index is 1.10. The second-order valence-corrected chi connectivity index (χ2v) is 12.6. The SMILES string of the molecule is c1ccc(C(=C(c2ccc(N(c3ccccc3)c3ccccc3)cc2)c2ccc(N(c3ccccc3)c3ccccc3)cc2)c2ccccc2)cc1. The van der Waals surface area contributed by atoms with Crippen molar-refractivity contribution >= 4 is 45.3 Å². The van der Waals surface area contributed by atoms with Crippen LogP contribution in [0.3, 0.4) is 0 Å². The third-order valence-electron chi connectivity index (χ3n) is 9.26. The van der Waals surface area contributed by atoms with Gasteiger partial charge in [-0.05, 0) is 106 Å². The van der Waals surface area contributed by atoms with E-state index in [0.29, 0.717) is 0 Å². The van der Waals surface area contributed by atoms with E-state index in [4.69, 9.17) is 0 Å². The molecule has 0 aliphatic carbocycles. The minimum atomic E-state index is 1.10. The maximum Gasteiger partial charge on any atom is 0.0462 e. The molecular weight excluding hydrogens is 629 g/mol. The summed E-state index contributed by atoms with van der Waals surface area (Å²) in [6, 6.07) is 81.8. The summed E-state index contributed by atoms with van der Waals surface area (Å²) in [5.41, 5.74) is 13.6. The maximum atomic E-state index is 2.30. The van der Waals surface area contributed by atoms with Gasteiger partial charge in [0.2, 0.25) is 0 Å². The molecule has 0 spiro atoms. The Kier molecular flexibility index (Phi) is 9.53. The first-order valence-electron chi connectivity index (χ1n) is 17.7. The Morgan fingerprint density at radius 1 is 0.192 bits per heavy atom. The van der Waals surface area contributed by atoms with Crippen LogP contribution in [0.15, 0.2) is 231 Å². The van der Waals surface area contributed by atoms with Crippen molar-refractivity contribution in [3.8, 4) is 0 Å². The lowest BCUT2D eigenvalue weighted by atomic mass is 9.85. The van der Waals surface area contributed by atoms with Crippen molar-refractivity contribution in [2.75, 3.05) is 9.80 Å². The molecule has 0 aliphatic heterocycles. The van der Waals surface area contributed by atoms with Gasteiger partial charge >= 0.3 is 0 Å². The van der Waals surface area contributed by atoms with E-state index in [1.54, 1.807) is 0 Å². The molecule has 0 amide bonds. The van der Waals surface area contributed by atoms with Crippen LogP contribution in [0.5, 0.6) is 0 Å². The molecule has 0 saturated heterocycles. The second-order valence-electron chi connectivity index (χ2n) is 12.6. The summed E-state index contributed by atoms with van der Waals surface area (Å²) in [4.78, 5) is 4.61. The van der Waals surface area contributed by atoms with E-state index in [9.17, 15) is 0 Å². The molecule has 248 valence electrons. The predicted octanol–water partition coefficient (Wildman–Crippen LogP) is 13.6. The fourth-order valence-electron chi connectivity index (χ4n) is 6.88. The van der Waals surface area contributed by atoms with E-state index < -0.39 is 0 Å². The third-order valence-corrected chi connectivity index (χ3v) is 9.26. The van der Waals surface area contributed by atoms with Crippen LogP contribution in [0, 0.1) is 0 Å². The topological polar surface area (TPSA) is 6.48 Å². The lowest BCUT2D eigenvalue weighted by Gasteiger charge is -2.26. The van der Waals surface area contributed by atoms with Crippen LogP contribution >= 0.6 is 0 Å². The molecule has 0 radical (unpaired) electrons. The first-order valence-corrected chi connectivity index (χ1v) is 17.7. The standard InChI is InChI=1S/C50H38N2/c1-7-19-39(20-8-1)49(40-21-9-2-10-22-40)50(41-31-35-47(36-32-41)51(43-23-11-3-12-24-43)44-25-13-4-14-26-44)42-33-37-48(38-34-42)52(45-27-15-5-16-28-45)46-29-17-6-18-30-46/h1-38H. The molecule has 0 N–H and O–H groups in total. The number of rotatable bonds is 10.